The van der Waals surface area contributed by atoms with E-state index in [1.165, 1.54) is 19.2 Å². The third kappa shape index (κ3) is 7.04. The van der Waals surface area contributed by atoms with Gasteiger partial charge in [0.25, 0.3) is 0 Å². The highest BCUT2D eigenvalue weighted by Gasteiger charge is 2.06. The van der Waals surface area contributed by atoms with Crippen LogP contribution < -0.4 is 10.1 Å². The fraction of sp³-hybridized carbons (Fsp3) is 0.250. The molecule has 0 aromatic heterocycles. The second-order valence-corrected chi connectivity index (χ2v) is 5.91. The quantitative estimate of drug-likeness (QED) is 0.750. The van der Waals surface area contributed by atoms with E-state index >= 15 is 0 Å². The molecule has 0 atom stereocenters. The molecule has 1 amide bonds. The van der Waals surface area contributed by atoms with E-state index in [-0.39, 0.29) is 18.9 Å². The molecule has 1 N–H and O–H groups in total. The number of ether oxygens (including phenoxy) is 2. The molecule has 2 rings (SSSR count). The maximum atomic E-state index is 13.7. The smallest absolute Gasteiger partial charge is 0.220 e. The first-order valence-electron chi connectivity index (χ1n) is 8.01. The molecular weight excluding hydrogens is 357 g/mol. The van der Waals surface area contributed by atoms with Crippen LogP contribution in [-0.2, 0) is 22.5 Å². The van der Waals surface area contributed by atoms with Crippen LogP contribution in [0.4, 0.5) is 4.39 Å². The standard InChI is InChI=1S/C20H19ClFNO3/c1-25-9-2-10-26-19-12-16(11-18(22)13-19)5-8-20(24)23-14-15-3-6-17(21)7-4-15/h3-4,6-7,11-13H,5,8,10,14H2,1H3,(H,23,24). The summed E-state index contributed by atoms with van der Waals surface area (Å²) in [5.74, 6) is 2.46. The van der Waals surface area contributed by atoms with Gasteiger partial charge in [-0.1, -0.05) is 23.7 Å². The summed E-state index contributed by atoms with van der Waals surface area (Å²) in [4.78, 5) is 12.0. The van der Waals surface area contributed by atoms with Crippen molar-refractivity contribution in [1.82, 2.24) is 5.32 Å². The van der Waals surface area contributed by atoms with E-state index in [1.54, 1.807) is 18.2 Å². The predicted molar refractivity (Wildman–Crippen MR) is 98.3 cm³/mol. The van der Waals surface area contributed by atoms with Crippen molar-refractivity contribution in [1.29, 1.82) is 0 Å². The van der Waals surface area contributed by atoms with E-state index in [2.05, 4.69) is 22.1 Å². The lowest BCUT2D eigenvalue weighted by Gasteiger charge is -2.08. The normalized spacial score (nSPS) is 9.81. The van der Waals surface area contributed by atoms with E-state index in [0.717, 1.165) is 5.56 Å². The summed E-state index contributed by atoms with van der Waals surface area (Å²) in [5.41, 5.74) is 1.64. The molecule has 0 aliphatic heterocycles. The van der Waals surface area contributed by atoms with Crippen molar-refractivity contribution >= 4 is 17.5 Å². The number of carbonyl (C=O) groups is 1. The zero-order valence-electron chi connectivity index (χ0n) is 14.4. The third-order valence-corrected chi connectivity index (χ3v) is 3.71. The van der Waals surface area contributed by atoms with Gasteiger partial charge >= 0.3 is 0 Å². The average molecular weight is 376 g/mol. The zero-order chi connectivity index (χ0) is 18.8. The van der Waals surface area contributed by atoms with E-state index in [0.29, 0.717) is 29.3 Å². The van der Waals surface area contributed by atoms with Gasteiger partial charge in [0.2, 0.25) is 5.91 Å². The minimum Gasteiger partial charge on any atom is -0.481 e. The van der Waals surface area contributed by atoms with Crippen molar-refractivity contribution < 1.29 is 18.7 Å². The van der Waals surface area contributed by atoms with Crippen molar-refractivity contribution in [2.24, 2.45) is 0 Å². The summed E-state index contributed by atoms with van der Waals surface area (Å²) >= 11 is 5.82. The molecule has 0 radical (unpaired) electrons. The molecule has 0 spiro atoms. The molecule has 0 aliphatic rings. The molecule has 0 heterocycles. The van der Waals surface area contributed by atoms with E-state index in [9.17, 15) is 9.18 Å². The summed E-state index contributed by atoms with van der Waals surface area (Å²) in [6.07, 6.45) is 3.05. The fourth-order valence-electron chi connectivity index (χ4n) is 2.22. The number of carbonyl (C=O) groups excluding carboxylic acids is 1. The highest BCUT2D eigenvalue weighted by atomic mass is 35.5. The minimum atomic E-state index is -0.418. The Hall–Kier alpha value is -2.71. The average Bonchev–Trinajstić information content (AvgIpc) is 2.63. The largest absolute Gasteiger partial charge is 0.481 e. The van der Waals surface area contributed by atoms with Crippen LogP contribution in [-0.4, -0.2) is 19.6 Å². The molecule has 4 nitrogen and oxygen atoms in total. The molecule has 0 fully saturated rings. The fourth-order valence-corrected chi connectivity index (χ4v) is 2.34. The molecule has 2 aromatic carbocycles. The first kappa shape index (κ1) is 19.6. The Morgan fingerprint density at radius 2 is 1.96 bits per heavy atom. The van der Waals surface area contributed by atoms with Gasteiger partial charge in [-0.3, -0.25) is 4.79 Å². The van der Waals surface area contributed by atoms with Crippen LogP contribution in [0, 0.1) is 17.8 Å². The van der Waals surface area contributed by atoms with E-state index < -0.39 is 5.82 Å². The van der Waals surface area contributed by atoms with Crippen LogP contribution in [0.15, 0.2) is 42.5 Å². The predicted octanol–water partition coefficient (Wildman–Crippen LogP) is 3.71. The van der Waals surface area contributed by atoms with Crippen molar-refractivity contribution in [3.8, 4) is 17.8 Å². The van der Waals surface area contributed by atoms with Gasteiger partial charge in [0.15, 0.2) is 6.61 Å². The number of amides is 1. The van der Waals surface area contributed by atoms with Gasteiger partial charge < -0.3 is 14.8 Å². The third-order valence-electron chi connectivity index (χ3n) is 3.46. The Kier molecular flexibility index (Phi) is 7.78. The second kappa shape index (κ2) is 10.3. The van der Waals surface area contributed by atoms with Crippen molar-refractivity contribution in [2.75, 3.05) is 13.7 Å². The van der Waals surface area contributed by atoms with Gasteiger partial charge in [0.05, 0.1) is 7.11 Å². The van der Waals surface area contributed by atoms with Gasteiger partial charge in [-0.15, -0.1) is 0 Å². The van der Waals surface area contributed by atoms with Gasteiger partial charge in [0.1, 0.15) is 17.7 Å². The number of aryl methyl sites for hydroxylation is 1. The van der Waals surface area contributed by atoms with Crippen LogP contribution >= 0.6 is 11.6 Å². The molecule has 0 unspecified atom stereocenters. The van der Waals surface area contributed by atoms with Gasteiger partial charge in [-0.05, 0) is 47.7 Å². The van der Waals surface area contributed by atoms with Crippen molar-refractivity contribution in [3.05, 3.63) is 64.4 Å². The van der Waals surface area contributed by atoms with Crippen LogP contribution in [0.1, 0.15) is 17.5 Å². The molecule has 26 heavy (non-hydrogen) atoms. The van der Waals surface area contributed by atoms with Gasteiger partial charge in [0, 0.05) is 24.1 Å². The molecule has 0 saturated carbocycles. The minimum absolute atomic E-state index is 0.0955. The number of benzene rings is 2. The van der Waals surface area contributed by atoms with Crippen molar-refractivity contribution in [2.45, 2.75) is 19.4 Å². The highest BCUT2D eigenvalue weighted by molar-refractivity contribution is 6.30. The summed E-state index contributed by atoms with van der Waals surface area (Å²) in [5, 5.41) is 3.48. The summed E-state index contributed by atoms with van der Waals surface area (Å²) in [6, 6.07) is 11.6. The Labute approximate surface area is 157 Å². The maximum absolute atomic E-state index is 13.7. The van der Waals surface area contributed by atoms with E-state index in [1.807, 2.05) is 12.1 Å². The molecular formula is C20H19ClFNO3. The zero-order valence-corrected chi connectivity index (χ0v) is 15.1. The number of rotatable bonds is 7. The Bertz CT molecular complexity index is 797. The number of methoxy groups -OCH3 is 1. The Morgan fingerprint density at radius 3 is 2.69 bits per heavy atom. The van der Waals surface area contributed by atoms with E-state index in [4.69, 9.17) is 16.3 Å². The lowest BCUT2D eigenvalue weighted by molar-refractivity contribution is -0.121. The van der Waals surface area contributed by atoms with Crippen LogP contribution in [0.5, 0.6) is 5.75 Å². The summed E-state index contributed by atoms with van der Waals surface area (Å²) in [7, 11) is 1.45. The molecule has 0 bridgehead atoms. The summed E-state index contributed by atoms with van der Waals surface area (Å²) < 4.78 is 23.6. The number of hydrogen-bond donors (Lipinski definition) is 1. The first-order chi connectivity index (χ1) is 12.6. The molecule has 2 aromatic rings. The molecule has 136 valence electrons. The maximum Gasteiger partial charge on any atom is 0.220 e. The van der Waals surface area contributed by atoms with Crippen molar-refractivity contribution in [3.63, 3.8) is 0 Å². The number of nitrogens with one attached hydrogen (secondary N) is 1. The SMILES string of the molecule is COC#CCOc1cc(F)cc(CCC(=O)NCc2ccc(Cl)cc2)c1. The Balaban J connectivity index is 1.82. The molecule has 0 saturated heterocycles. The monoisotopic (exact) mass is 375 g/mol. The second-order valence-electron chi connectivity index (χ2n) is 5.47. The lowest BCUT2D eigenvalue weighted by atomic mass is 10.1. The van der Waals surface area contributed by atoms with Gasteiger partial charge in [-0.2, -0.15) is 0 Å². The van der Waals surface area contributed by atoms with Crippen LogP contribution in [0.3, 0.4) is 0 Å². The lowest BCUT2D eigenvalue weighted by Crippen LogP contribution is -2.22. The topological polar surface area (TPSA) is 47.6 Å². The van der Waals surface area contributed by atoms with Crippen LogP contribution in [0.25, 0.3) is 0 Å². The van der Waals surface area contributed by atoms with Gasteiger partial charge in [-0.25, -0.2) is 4.39 Å². The number of halogens is 2. The highest BCUT2D eigenvalue weighted by Crippen LogP contribution is 2.17. The first-order valence-corrected chi connectivity index (χ1v) is 8.39. The molecule has 6 heteroatoms. The molecule has 0 aliphatic carbocycles. The Morgan fingerprint density at radius 1 is 1.19 bits per heavy atom. The summed E-state index contributed by atoms with van der Waals surface area (Å²) in [6.45, 7) is 0.518. The number of hydrogen-bond acceptors (Lipinski definition) is 3. The van der Waals surface area contributed by atoms with Crippen LogP contribution in [0.2, 0.25) is 5.02 Å².